The van der Waals surface area contributed by atoms with Crippen LogP contribution in [0.1, 0.15) is 33.5 Å². The molecule has 0 aliphatic carbocycles. The second kappa shape index (κ2) is 8.80. The van der Waals surface area contributed by atoms with Crippen LogP contribution in [0.4, 0.5) is 39.5 Å². The highest BCUT2D eigenvalue weighted by Crippen LogP contribution is 2.36. The minimum Gasteiger partial charge on any atom is -0.330 e. The quantitative estimate of drug-likeness (QED) is 0.621. The lowest BCUT2D eigenvalue weighted by molar-refractivity contribution is -0.143. The Bertz CT molecular complexity index is 838. The Labute approximate surface area is 165 Å². The second-order valence-electron chi connectivity index (χ2n) is 6.38. The number of hydrogen-bond acceptors (Lipinski definition) is 3. The van der Waals surface area contributed by atoms with Crippen molar-refractivity contribution in [2.24, 2.45) is 5.73 Å². The highest BCUT2D eigenvalue weighted by atomic mass is 19.4. The Kier molecular flexibility index (Phi) is 7.02. The molecule has 166 valence electrons. The van der Waals surface area contributed by atoms with E-state index in [1.165, 1.54) is 0 Å². The molecule has 0 amide bonds. The van der Waals surface area contributed by atoms with Gasteiger partial charge in [0.25, 0.3) is 0 Å². The van der Waals surface area contributed by atoms with Crippen LogP contribution in [0.15, 0.2) is 30.5 Å². The van der Waals surface area contributed by atoms with Crippen molar-refractivity contribution in [2.75, 3.05) is 6.54 Å². The van der Waals surface area contributed by atoms with Crippen LogP contribution in [0, 0.1) is 0 Å². The van der Waals surface area contributed by atoms with Gasteiger partial charge in [0.15, 0.2) is 0 Å². The van der Waals surface area contributed by atoms with E-state index in [2.05, 4.69) is 10.3 Å². The summed E-state index contributed by atoms with van der Waals surface area (Å²) < 4.78 is 116. The fraction of sp³-hybridized carbons (Fsp3) is 0.389. The van der Waals surface area contributed by atoms with Gasteiger partial charge in [-0.1, -0.05) is 0 Å². The molecule has 2 rings (SSSR count). The highest BCUT2D eigenvalue weighted by molar-refractivity contribution is 5.34. The first-order chi connectivity index (χ1) is 13.7. The van der Waals surface area contributed by atoms with Gasteiger partial charge in [0, 0.05) is 31.4 Å². The van der Waals surface area contributed by atoms with Crippen LogP contribution in [0.25, 0.3) is 0 Å². The van der Waals surface area contributed by atoms with Crippen molar-refractivity contribution < 1.29 is 39.5 Å². The van der Waals surface area contributed by atoms with Crippen LogP contribution in [0.3, 0.4) is 0 Å². The van der Waals surface area contributed by atoms with E-state index in [0.717, 1.165) is 6.07 Å². The molecular weight excluding hydrogens is 429 g/mol. The molecule has 12 heteroatoms. The molecule has 1 aromatic heterocycles. The van der Waals surface area contributed by atoms with Crippen molar-refractivity contribution in [1.82, 2.24) is 10.3 Å². The number of benzene rings is 1. The van der Waals surface area contributed by atoms with E-state index in [-0.39, 0.29) is 42.4 Å². The first-order valence-corrected chi connectivity index (χ1v) is 8.46. The number of aromatic nitrogens is 1. The molecule has 2 aromatic rings. The fourth-order valence-electron chi connectivity index (χ4n) is 2.67. The molecule has 1 aromatic carbocycles. The minimum absolute atomic E-state index is 0.000420. The molecule has 3 N–H and O–H groups in total. The van der Waals surface area contributed by atoms with E-state index in [1.54, 1.807) is 0 Å². The summed E-state index contributed by atoms with van der Waals surface area (Å²) in [6, 6.07) is 1.92. The summed E-state index contributed by atoms with van der Waals surface area (Å²) in [5.74, 6) is 0. The normalized spacial score (nSPS) is 13.0. The van der Waals surface area contributed by atoms with Crippen molar-refractivity contribution >= 4 is 0 Å². The fourth-order valence-corrected chi connectivity index (χ4v) is 2.67. The molecule has 0 aliphatic rings. The highest BCUT2D eigenvalue weighted by Gasteiger charge is 2.37. The SMILES string of the molecule is NCCc1ncc(C(F)(F)F)cc1CNCc1cc(C(F)(F)F)cc(C(F)(F)F)c1. The largest absolute Gasteiger partial charge is 0.417 e. The van der Waals surface area contributed by atoms with Crippen molar-refractivity contribution in [1.29, 1.82) is 0 Å². The zero-order valence-corrected chi connectivity index (χ0v) is 15.1. The maximum Gasteiger partial charge on any atom is 0.417 e. The Balaban J connectivity index is 2.26. The predicted octanol–water partition coefficient (Wildman–Crippen LogP) is 4.93. The lowest BCUT2D eigenvalue weighted by Crippen LogP contribution is -2.19. The van der Waals surface area contributed by atoms with Gasteiger partial charge in [0.05, 0.1) is 16.7 Å². The summed E-state index contributed by atoms with van der Waals surface area (Å²) in [6.45, 7) is -0.608. The zero-order valence-electron chi connectivity index (χ0n) is 15.1. The van der Waals surface area contributed by atoms with E-state index >= 15 is 0 Å². The molecule has 0 radical (unpaired) electrons. The van der Waals surface area contributed by atoms with Crippen molar-refractivity contribution in [3.05, 3.63) is 64.0 Å². The lowest BCUT2D eigenvalue weighted by Gasteiger charge is -2.16. The Morgan fingerprint density at radius 1 is 0.733 bits per heavy atom. The molecule has 1 heterocycles. The molecule has 0 bridgehead atoms. The molecule has 0 fully saturated rings. The van der Waals surface area contributed by atoms with E-state index in [9.17, 15) is 39.5 Å². The van der Waals surface area contributed by atoms with Gasteiger partial charge in [-0.3, -0.25) is 4.98 Å². The smallest absolute Gasteiger partial charge is 0.330 e. The van der Waals surface area contributed by atoms with E-state index in [1.807, 2.05) is 0 Å². The molecule has 0 spiro atoms. The maximum absolute atomic E-state index is 12.9. The van der Waals surface area contributed by atoms with Gasteiger partial charge >= 0.3 is 18.5 Å². The van der Waals surface area contributed by atoms with Gasteiger partial charge in [-0.05, 0) is 41.9 Å². The van der Waals surface area contributed by atoms with Crippen LogP contribution in [-0.2, 0) is 38.0 Å². The molecule has 0 aliphatic heterocycles. The van der Waals surface area contributed by atoms with Crippen LogP contribution in [0.5, 0.6) is 0 Å². The minimum atomic E-state index is -4.99. The number of hydrogen-bond donors (Lipinski definition) is 2. The van der Waals surface area contributed by atoms with Gasteiger partial charge < -0.3 is 11.1 Å². The summed E-state index contributed by atoms with van der Waals surface area (Å²) in [6.07, 6.45) is -13.9. The monoisotopic (exact) mass is 445 g/mol. The Hall–Kier alpha value is -2.34. The number of pyridine rings is 1. The first-order valence-electron chi connectivity index (χ1n) is 8.46. The van der Waals surface area contributed by atoms with Gasteiger partial charge in [0.2, 0.25) is 0 Å². The average Bonchev–Trinajstić information content (AvgIpc) is 2.60. The Morgan fingerprint density at radius 3 is 1.73 bits per heavy atom. The third-order valence-corrected chi connectivity index (χ3v) is 4.06. The number of nitrogens with zero attached hydrogens (tertiary/aromatic N) is 1. The van der Waals surface area contributed by atoms with E-state index in [0.29, 0.717) is 18.3 Å². The van der Waals surface area contributed by atoms with Crippen LogP contribution >= 0.6 is 0 Å². The third-order valence-electron chi connectivity index (χ3n) is 4.06. The van der Waals surface area contributed by atoms with Crippen molar-refractivity contribution in [3.8, 4) is 0 Å². The average molecular weight is 445 g/mol. The molecule has 0 saturated carbocycles. The van der Waals surface area contributed by atoms with Gasteiger partial charge in [-0.25, -0.2) is 0 Å². The Morgan fingerprint density at radius 2 is 1.27 bits per heavy atom. The summed E-state index contributed by atoms with van der Waals surface area (Å²) in [4.78, 5) is 3.72. The molecule has 0 saturated heterocycles. The topological polar surface area (TPSA) is 50.9 Å². The predicted molar refractivity (Wildman–Crippen MR) is 89.0 cm³/mol. The lowest BCUT2D eigenvalue weighted by atomic mass is 10.0. The van der Waals surface area contributed by atoms with Gasteiger partial charge in [-0.15, -0.1) is 0 Å². The van der Waals surface area contributed by atoms with E-state index < -0.39 is 41.8 Å². The molecule has 30 heavy (non-hydrogen) atoms. The number of rotatable bonds is 6. The van der Waals surface area contributed by atoms with Crippen LogP contribution < -0.4 is 11.1 Å². The van der Waals surface area contributed by atoms with Crippen molar-refractivity contribution in [3.63, 3.8) is 0 Å². The van der Waals surface area contributed by atoms with Gasteiger partial charge in [-0.2, -0.15) is 39.5 Å². The summed E-state index contributed by atoms with van der Waals surface area (Å²) in [5.41, 5.74) is 1.44. The number of nitrogens with two attached hydrogens (primary N) is 1. The summed E-state index contributed by atoms with van der Waals surface area (Å²) >= 11 is 0. The van der Waals surface area contributed by atoms with Crippen molar-refractivity contribution in [2.45, 2.75) is 38.0 Å². The van der Waals surface area contributed by atoms with E-state index in [4.69, 9.17) is 5.73 Å². The number of alkyl halides is 9. The second-order valence-corrected chi connectivity index (χ2v) is 6.38. The number of nitrogens with one attached hydrogen (secondary N) is 1. The third kappa shape index (κ3) is 6.33. The summed E-state index contributed by atoms with van der Waals surface area (Å²) in [5, 5.41) is 2.57. The summed E-state index contributed by atoms with van der Waals surface area (Å²) in [7, 11) is 0. The number of halogens is 9. The molecule has 0 unspecified atom stereocenters. The van der Waals surface area contributed by atoms with Crippen LogP contribution in [0.2, 0.25) is 0 Å². The molecule has 3 nitrogen and oxygen atoms in total. The zero-order chi connectivity index (χ0) is 22.7. The molecule has 0 atom stereocenters. The molecular formula is C18H16F9N3. The maximum atomic E-state index is 12.9. The van der Waals surface area contributed by atoms with Gasteiger partial charge in [0.1, 0.15) is 0 Å². The van der Waals surface area contributed by atoms with Crippen LogP contribution in [-0.4, -0.2) is 11.5 Å². The standard InChI is InChI=1S/C18H16F9N3/c19-16(20,21)12-3-10(4-13(6-12)17(22,23)24)7-29-8-11-5-14(18(25,26)27)9-30-15(11)1-2-28/h3-6,9,29H,1-2,7-8,28H2. The first kappa shape index (κ1) is 23.9.